The molecule has 2 aromatic carbocycles. The van der Waals surface area contributed by atoms with Crippen LogP contribution in [0.3, 0.4) is 0 Å². The van der Waals surface area contributed by atoms with Crippen molar-refractivity contribution < 1.29 is 18.3 Å². The largest absolute Gasteiger partial charge is 0.496 e. The fraction of sp³-hybridized carbons (Fsp3) is 0.423. The highest BCUT2D eigenvalue weighted by Gasteiger charge is 2.28. The van der Waals surface area contributed by atoms with Gasteiger partial charge >= 0.3 is 6.01 Å². The van der Waals surface area contributed by atoms with Crippen LogP contribution in [-0.2, 0) is 0 Å². The predicted octanol–water partition coefficient (Wildman–Crippen LogP) is 3.72. The second-order valence-corrected chi connectivity index (χ2v) is 9.15. The van der Waals surface area contributed by atoms with Gasteiger partial charge in [-0.05, 0) is 56.6 Å². The third-order valence-corrected chi connectivity index (χ3v) is 6.91. The summed E-state index contributed by atoms with van der Waals surface area (Å²) in [6, 6.07) is 11.9. The van der Waals surface area contributed by atoms with Gasteiger partial charge in [0.25, 0.3) is 11.8 Å². The molecule has 0 unspecified atom stereocenters. The highest BCUT2D eigenvalue weighted by molar-refractivity contribution is 6.04. The Labute approximate surface area is 209 Å². The van der Waals surface area contributed by atoms with Crippen molar-refractivity contribution in [2.45, 2.75) is 25.3 Å². The molecule has 1 amide bonds. The minimum Gasteiger partial charge on any atom is -0.496 e. The van der Waals surface area contributed by atoms with Crippen molar-refractivity contribution in [2.24, 2.45) is 0 Å². The van der Waals surface area contributed by atoms with Crippen LogP contribution in [0.15, 0.2) is 46.9 Å². The van der Waals surface area contributed by atoms with Crippen molar-refractivity contribution in [1.82, 2.24) is 20.0 Å². The summed E-state index contributed by atoms with van der Waals surface area (Å²) in [7, 11) is 1.52. The Morgan fingerprint density at radius 3 is 2.78 bits per heavy atom. The number of anilines is 2. The number of fused-ring (bicyclic) bond motifs is 4. The molecule has 0 spiro atoms. The molecule has 0 saturated carbocycles. The van der Waals surface area contributed by atoms with Gasteiger partial charge in [0.05, 0.1) is 18.2 Å². The molecule has 4 heterocycles. The topological polar surface area (TPSA) is 95.8 Å². The van der Waals surface area contributed by atoms with Crippen LogP contribution >= 0.6 is 0 Å². The van der Waals surface area contributed by atoms with E-state index in [1.165, 1.54) is 57.8 Å². The molecule has 3 aromatic rings. The van der Waals surface area contributed by atoms with E-state index in [1.54, 1.807) is 24.3 Å². The lowest BCUT2D eigenvalue weighted by molar-refractivity contribution is 0.102. The number of ether oxygens (including phenoxy) is 1. The number of rotatable bonds is 9. The van der Waals surface area contributed by atoms with Crippen LogP contribution in [0.1, 0.15) is 29.6 Å². The number of hydrogen-bond acceptors (Lipinski definition) is 8. The Morgan fingerprint density at radius 2 is 1.97 bits per heavy atom. The summed E-state index contributed by atoms with van der Waals surface area (Å²) in [4.78, 5) is 17.6. The Hall–Kier alpha value is -3.50. The third-order valence-electron chi connectivity index (χ3n) is 6.91. The molecule has 3 aliphatic heterocycles. The monoisotopic (exact) mass is 494 g/mol. The number of methoxy groups -OCH3 is 1. The fourth-order valence-electron chi connectivity index (χ4n) is 4.93. The highest BCUT2D eigenvalue weighted by Crippen LogP contribution is 2.32. The van der Waals surface area contributed by atoms with Crippen molar-refractivity contribution in [3.8, 4) is 17.2 Å². The number of benzene rings is 2. The molecule has 36 heavy (non-hydrogen) atoms. The molecule has 0 aliphatic carbocycles. The maximum absolute atomic E-state index is 13.9. The van der Waals surface area contributed by atoms with Crippen LogP contribution in [0.2, 0.25) is 0 Å². The van der Waals surface area contributed by atoms with E-state index in [0.29, 0.717) is 34.9 Å². The SMILES string of the molecule is COc1cc(NC(=O)c2ccccc2F)ccc1-c1nnc(NCCCN2CCN3CCC2CC3)o1. The standard InChI is InChI=1S/C26H31FN6O3/c1-35-23-17-18(29-24(34)20-5-2-3-6-22(20)27)7-8-21(23)25-30-31-26(36-25)28-11-4-12-33-16-15-32-13-9-19(33)10-14-32/h2-3,5-8,17,19H,4,9-16H2,1H3,(H,28,31)(H,29,34). The van der Waals surface area contributed by atoms with Gasteiger partial charge in [-0.15, -0.1) is 5.10 Å². The molecular weight excluding hydrogens is 463 g/mol. The Morgan fingerprint density at radius 1 is 1.14 bits per heavy atom. The van der Waals surface area contributed by atoms with E-state index >= 15 is 0 Å². The number of carbonyl (C=O) groups is 1. The van der Waals surface area contributed by atoms with E-state index in [9.17, 15) is 9.18 Å². The van der Waals surface area contributed by atoms with E-state index in [1.807, 2.05) is 0 Å². The number of nitrogens with one attached hydrogen (secondary N) is 2. The van der Waals surface area contributed by atoms with Crippen LogP contribution < -0.4 is 15.4 Å². The second-order valence-electron chi connectivity index (χ2n) is 9.15. The van der Waals surface area contributed by atoms with Gasteiger partial charge in [-0.25, -0.2) is 4.39 Å². The van der Waals surface area contributed by atoms with Crippen molar-refractivity contribution >= 4 is 17.6 Å². The first kappa shape index (κ1) is 24.2. The van der Waals surface area contributed by atoms with Gasteiger partial charge in [0.1, 0.15) is 11.6 Å². The van der Waals surface area contributed by atoms with Crippen molar-refractivity contribution in [1.29, 1.82) is 0 Å². The number of carbonyl (C=O) groups excluding carboxylic acids is 1. The smallest absolute Gasteiger partial charge is 0.315 e. The molecule has 9 nitrogen and oxygen atoms in total. The van der Waals surface area contributed by atoms with Gasteiger partial charge in [-0.3, -0.25) is 9.69 Å². The zero-order valence-electron chi connectivity index (χ0n) is 20.4. The molecule has 2 bridgehead atoms. The first-order chi connectivity index (χ1) is 17.6. The average molecular weight is 495 g/mol. The van der Waals surface area contributed by atoms with Crippen LogP contribution in [0.4, 0.5) is 16.1 Å². The molecule has 3 saturated heterocycles. The number of amides is 1. The molecule has 0 radical (unpaired) electrons. The third kappa shape index (κ3) is 5.50. The van der Waals surface area contributed by atoms with E-state index in [0.717, 1.165) is 26.1 Å². The average Bonchev–Trinajstić information content (AvgIpc) is 3.18. The Kier molecular flexibility index (Phi) is 7.43. The lowest BCUT2D eigenvalue weighted by atomic mass is 10.1. The van der Waals surface area contributed by atoms with Crippen LogP contribution in [-0.4, -0.2) is 78.3 Å². The lowest BCUT2D eigenvalue weighted by Crippen LogP contribution is -2.38. The Bertz CT molecular complexity index is 1190. The summed E-state index contributed by atoms with van der Waals surface area (Å²) < 4.78 is 25.2. The molecule has 6 rings (SSSR count). The normalized spacial score (nSPS) is 19.6. The first-order valence-corrected chi connectivity index (χ1v) is 12.4. The van der Waals surface area contributed by atoms with E-state index in [4.69, 9.17) is 9.15 Å². The van der Waals surface area contributed by atoms with Crippen LogP contribution in [0.25, 0.3) is 11.5 Å². The zero-order valence-corrected chi connectivity index (χ0v) is 20.4. The second kappa shape index (κ2) is 11.0. The number of piperidine rings is 1. The van der Waals surface area contributed by atoms with Gasteiger partial charge in [0.15, 0.2) is 0 Å². The summed E-state index contributed by atoms with van der Waals surface area (Å²) in [5, 5.41) is 14.2. The van der Waals surface area contributed by atoms with Gasteiger partial charge in [-0.2, -0.15) is 0 Å². The molecule has 2 N–H and O–H groups in total. The maximum Gasteiger partial charge on any atom is 0.315 e. The van der Waals surface area contributed by atoms with Gasteiger partial charge in [0.2, 0.25) is 0 Å². The predicted molar refractivity (Wildman–Crippen MR) is 135 cm³/mol. The van der Waals surface area contributed by atoms with Gasteiger partial charge in [0, 0.05) is 44.0 Å². The number of aromatic nitrogens is 2. The van der Waals surface area contributed by atoms with E-state index in [-0.39, 0.29) is 5.56 Å². The van der Waals surface area contributed by atoms with Gasteiger partial charge < -0.3 is 24.7 Å². The molecule has 0 atom stereocenters. The van der Waals surface area contributed by atoms with E-state index in [2.05, 4.69) is 30.6 Å². The minimum atomic E-state index is -0.582. The summed E-state index contributed by atoms with van der Waals surface area (Å²) >= 11 is 0. The summed E-state index contributed by atoms with van der Waals surface area (Å²) in [6.07, 6.45) is 3.54. The fourth-order valence-corrected chi connectivity index (χ4v) is 4.93. The molecular formula is C26H31FN6O3. The zero-order chi connectivity index (χ0) is 24.9. The van der Waals surface area contributed by atoms with E-state index < -0.39 is 11.7 Å². The molecule has 3 fully saturated rings. The van der Waals surface area contributed by atoms with Crippen LogP contribution in [0, 0.1) is 5.82 Å². The molecule has 10 heteroatoms. The highest BCUT2D eigenvalue weighted by atomic mass is 19.1. The summed E-state index contributed by atoms with van der Waals surface area (Å²) in [5.74, 6) is -0.373. The van der Waals surface area contributed by atoms with Crippen LogP contribution in [0.5, 0.6) is 5.75 Å². The van der Waals surface area contributed by atoms with Crippen molar-refractivity contribution in [3.05, 3.63) is 53.8 Å². The van der Waals surface area contributed by atoms with Crippen molar-refractivity contribution in [2.75, 3.05) is 57.0 Å². The number of nitrogens with zero attached hydrogens (tertiary/aromatic N) is 4. The molecule has 1 aromatic heterocycles. The minimum absolute atomic E-state index is 0.0331. The maximum atomic E-state index is 13.9. The first-order valence-electron chi connectivity index (χ1n) is 12.4. The number of halogens is 1. The summed E-state index contributed by atoms with van der Waals surface area (Å²) in [5.41, 5.74) is 1.02. The quantitative estimate of drug-likeness (QED) is 0.435. The Balaban J connectivity index is 1.17. The molecule has 3 aliphatic rings. The lowest BCUT2D eigenvalue weighted by Gasteiger charge is -2.31. The number of hydrogen-bond donors (Lipinski definition) is 2. The molecule has 190 valence electrons. The summed E-state index contributed by atoms with van der Waals surface area (Å²) in [6.45, 7) is 6.57. The van der Waals surface area contributed by atoms with Gasteiger partial charge in [-0.1, -0.05) is 17.2 Å². The van der Waals surface area contributed by atoms with Crippen molar-refractivity contribution in [3.63, 3.8) is 0 Å².